The predicted molar refractivity (Wildman–Crippen MR) is 92.6 cm³/mol. The second kappa shape index (κ2) is 5.02. The van der Waals surface area contributed by atoms with Crippen molar-refractivity contribution in [3.63, 3.8) is 0 Å². The normalized spacial score (nSPS) is 14.2. The highest BCUT2D eigenvalue weighted by Crippen LogP contribution is 2.41. The van der Waals surface area contributed by atoms with E-state index in [-0.39, 0.29) is 0 Å². The van der Waals surface area contributed by atoms with Gasteiger partial charge in [-0.1, -0.05) is 36.4 Å². The molecule has 3 nitrogen and oxygen atoms in total. The van der Waals surface area contributed by atoms with Gasteiger partial charge in [-0.2, -0.15) is 0 Å². The molecule has 1 saturated carbocycles. The zero-order chi connectivity index (χ0) is 15.1. The standard InChI is InChI=1S/C19H19N3/c1-12-16-7-2-3-8-17(16)18(20)22-19(12)21-15-6-4-5-14(11-15)13-9-10-13/h2-8,11,13H,9-10H2,1H3,(H3,20,21,22). The molecule has 3 heteroatoms. The Balaban J connectivity index is 1.75. The van der Waals surface area contributed by atoms with E-state index in [0.29, 0.717) is 5.82 Å². The van der Waals surface area contributed by atoms with Crippen molar-refractivity contribution < 1.29 is 0 Å². The molecule has 3 aromatic rings. The zero-order valence-electron chi connectivity index (χ0n) is 12.6. The number of nitrogens with zero attached hydrogens (tertiary/aromatic N) is 1. The quantitative estimate of drug-likeness (QED) is 0.731. The number of anilines is 3. The molecule has 0 radical (unpaired) electrons. The molecule has 1 aromatic heterocycles. The van der Waals surface area contributed by atoms with Crippen LogP contribution in [0.25, 0.3) is 10.8 Å². The molecule has 22 heavy (non-hydrogen) atoms. The molecule has 0 spiro atoms. The molecular formula is C19H19N3. The molecule has 1 fully saturated rings. The Morgan fingerprint density at radius 2 is 1.82 bits per heavy atom. The third-order valence-corrected chi connectivity index (χ3v) is 4.39. The molecule has 3 N–H and O–H groups in total. The lowest BCUT2D eigenvalue weighted by atomic mass is 10.1. The number of nitrogens with one attached hydrogen (secondary N) is 1. The summed E-state index contributed by atoms with van der Waals surface area (Å²) >= 11 is 0. The largest absolute Gasteiger partial charge is 0.383 e. The number of rotatable bonds is 3. The fourth-order valence-corrected chi connectivity index (χ4v) is 2.97. The smallest absolute Gasteiger partial charge is 0.136 e. The molecule has 0 saturated heterocycles. The highest BCUT2D eigenvalue weighted by molar-refractivity contribution is 5.96. The van der Waals surface area contributed by atoms with Crippen molar-refractivity contribution in [1.29, 1.82) is 0 Å². The average molecular weight is 289 g/mol. The average Bonchev–Trinajstić information content (AvgIpc) is 3.38. The first-order valence-electron chi connectivity index (χ1n) is 7.74. The Labute approximate surface area is 130 Å². The highest BCUT2D eigenvalue weighted by atomic mass is 15.0. The Kier molecular flexibility index (Phi) is 3.00. The number of pyridine rings is 1. The van der Waals surface area contributed by atoms with Gasteiger partial charge < -0.3 is 11.1 Å². The van der Waals surface area contributed by atoms with Crippen molar-refractivity contribution in [2.75, 3.05) is 11.1 Å². The zero-order valence-corrected chi connectivity index (χ0v) is 12.6. The number of fused-ring (bicyclic) bond motifs is 1. The van der Waals surface area contributed by atoms with Crippen LogP contribution in [0, 0.1) is 6.92 Å². The second-order valence-corrected chi connectivity index (χ2v) is 6.04. The van der Waals surface area contributed by atoms with Crippen LogP contribution < -0.4 is 11.1 Å². The summed E-state index contributed by atoms with van der Waals surface area (Å²) in [5.41, 5.74) is 9.73. The fourth-order valence-electron chi connectivity index (χ4n) is 2.97. The van der Waals surface area contributed by atoms with Gasteiger partial charge in [0.15, 0.2) is 0 Å². The van der Waals surface area contributed by atoms with E-state index in [9.17, 15) is 0 Å². The number of aromatic nitrogens is 1. The fraction of sp³-hybridized carbons (Fsp3) is 0.211. The van der Waals surface area contributed by atoms with Gasteiger partial charge in [-0.3, -0.25) is 0 Å². The van der Waals surface area contributed by atoms with Crippen molar-refractivity contribution in [3.05, 3.63) is 59.7 Å². The van der Waals surface area contributed by atoms with Crippen molar-refractivity contribution in [2.24, 2.45) is 0 Å². The SMILES string of the molecule is Cc1c(Nc2cccc(C3CC3)c2)nc(N)c2ccccc12. The lowest BCUT2D eigenvalue weighted by Gasteiger charge is -2.13. The Morgan fingerprint density at radius 1 is 1.05 bits per heavy atom. The van der Waals surface area contributed by atoms with Crippen molar-refractivity contribution in [2.45, 2.75) is 25.7 Å². The van der Waals surface area contributed by atoms with Crippen molar-refractivity contribution in [3.8, 4) is 0 Å². The van der Waals surface area contributed by atoms with Gasteiger partial charge in [-0.25, -0.2) is 4.98 Å². The van der Waals surface area contributed by atoms with Gasteiger partial charge >= 0.3 is 0 Å². The van der Waals surface area contributed by atoms with Gasteiger partial charge in [0.2, 0.25) is 0 Å². The Bertz CT molecular complexity index is 850. The number of aryl methyl sites for hydroxylation is 1. The summed E-state index contributed by atoms with van der Waals surface area (Å²) in [6.07, 6.45) is 2.62. The maximum atomic E-state index is 6.12. The highest BCUT2D eigenvalue weighted by Gasteiger charge is 2.23. The molecule has 0 bridgehead atoms. The third kappa shape index (κ3) is 2.29. The van der Waals surface area contributed by atoms with E-state index in [1.165, 1.54) is 18.4 Å². The van der Waals surface area contributed by atoms with E-state index in [0.717, 1.165) is 33.8 Å². The van der Waals surface area contributed by atoms with Crippen molar-refractivity contribution >= 4 is 28.1 Å². The van der Waals surface area contributed by atoms with Crippen LogP contribution in [0.2, 0.25) is 0 Å². The number of hydrogen-bond acceptors (Lipinski definition) is 3. The van der Waals surface area contributed by atoms with Crippen molar-refractivity contribution in [1.82, 2.24) is 4.98 Å². The molecule has 110 valence electrons. The van der Waals surface area contributed by atoms with Gasteiger partial charge in [-0.15, -0.1) is 0 Å². The van der Waals surface area contributed by atoms with Crippen LogP contribution in [0.3, 0.4) is 0 Å². The van der Waals surface area contributed by atoms with E-state index < -0.39 is 0 Å². The number of nitrogens with two attached hydrogens (primary N) is 1. The molecule has 0 atom stereocenters. The second-order valence-electron chi connectivity index (χ2n) is 6.04. The number of hydrogen-bond donors (Lipinski definition) is 2. The molecule has 1 aliphatic carbocycles. The molecule has 1 heterocycles. The lowest BCUT2D eigenvalue weighted by Crippen LogP contribution is -2.01. The first-order chi connectivity index (χ1) is 10.7. The molecule has 1 aliphatic rings. The molecule has 0 unspecified atom stereocenters. The summed E-state index contributed by atoms with van der Waals surface area (Å²) in [6, 6.07) is 16.8. The minimum atomic E-state index is 0.571. The molecular weight excluding hydrogens is 270 g/mol. The van der Waals surface area contributed by atoms with E-state index in [1.807, 2.05) is 18.2 Å². The van der Waals surface area contributed by atoms with Crippen LogP contribution in [0.4, 0.5) is 17.3 Å². The molecule has 0 amide bonds. The summed E-state index contributed by atoms with van der Waals surface area (Å²) in [4.78, 5) is 4.55. The van der Waals surface area contributed by atoms with Crippen LogP contribution >= 0.6 is 0 Å². The number of benzene rings is 2. The van der Waals surface area contributed by atoms with Crippen LogP contribution in [0.5, 0.6) is 0 Å². The Hall–Kier alpha value is -2.55. The predicted octanol–water partition coefficient (Wildman–Crippen LogP) is 4.75. The topological polar surface area (TPSA) is 50.9 Å². The monoisotopic (exact) mass is 289 g/mol. The summed E-state index contributed by atoms with van der Waals surface area (Å²) in [7, 11) is 0. The minimum absolute atomic E-state index is 0.571. The summed E-state index contributed by atoms with van der Waals surface area (Å²) in [5, 5.41) is 5.60. The van der Waals surface area contributed by atoms with E-state index in [4.69, 9.17) is 5.73 Å². The minimum Gasteiger partial charge on any atom is -0.383 e. The summed E-state index contributed by atoms with van der Waals surface area (Å²) in [5.74, 6) is 2.16. The van der Waals surface area contributed by atoms with E-state index >= 15 is 0 Å². The van der Waals surface area contributed by atoms with Gasteiger partial charge in [0.1, 0.15) is 11.6 Å². The van der Waals surface area contributed by atoms with Gasteiger partial charge in [0.25, 0.3) is 0 Å². The summed E-state index contributed by atoms with van der Waals surface area (Å²) < 4.78 is 0. The molecule has 2 aromatic carbocycles. The van der Waals surface area contributed by atoms with Crippen LogP contribution in [0.1, 0.15) is 29.9 Å². The van der Waals surface area contributed by atoms with E-state index in [1.54, 1.807) is 0 Å². The van der Waals surface area contributed by atoms with E-state index in [2.05, 4.69) is 47.6 Å². The number of nitrogen functional groups attached to an aromatic ring is 1. The van der Waals surface area contributed by atoms with Crippen LogP contribution in [0.15, 0.2) is 48.5 Å². The van der Waals surface area contributed by atoms with Gasteiger partial charge in [0.05, 0.1) is 0 Å². The maximum absolute atomic E-state index is 6.12. The third-order valence-electron chi connectivity index (χ3n) is 4.39. The van der Waals surface area contributed by atoms with Gasteiger partial charge in [0, 0.05) is 11.1 Å². The first kappa shape index (κ1) is 13.1. The maximum Gasteiger partial charge on any atom is 0.136 e. The lowest BCUT2D eigenvalue weighted by molar-refractivity contribution is 1.13. The van der Waals surface area contributed by atoms with Gasteiger partial charge in [-0.05, 0) is 54.3 Å². The Morgan fingerprint density at radius 3 is 2.59 bits per heavy atom. The van der Waals surface area contributed by atoms with Crippen LogP contribution in [-0.4, -0.2) is 4.98 Å². The first-order valence-corrected chi connectivity index (χ1v) is 7.74. The molecule has 0 aliphatic heterocycles. The summed E-state index contributed by atoms with van der Waals surface area (Å²) in [6.45, 7) is 2.09. The molecule has 4 rings (SSSR count). The van der Waals surface area contributed by atoms with Crippen LogP contribution in [-0.2, 0) is 0 Å².